The molecule has 3 N–H and O–H groups in total. The van der Waals surface area contributed by atoms with Crippen LogP contribution in [0, 0.1) is 0 Å². The highest BCUT2D eigenvalue weighted by Crippen LogP contribution is 2.24. The highest BCUT2D eigenvalue weighted by Gasteiger charge is 2.19. The molecule has 0 aliphatic heterocycles. The van der Waals surface area contributed by atoms with Crippen molar-refractivity contribution in [3.63, 3.8) is 0 Å². The van der Waals surface area contributed by atoms with Crippen LogP contribution >= 0.6 is 0 Å². The fraction of sp³-hybridized carbons (Fsp3) is 0.190. The number of hydrogen-bond donors (Lipinski definition) is 3. The van der Waals surface area contributed by atoms with E-state index in [0.29, 0.717) is 34.0 Å². The van der Waals surface area contributed by atoms with Crippen LogP contribution in [-0.2, 0) is 13.2 Å². The summed E-state index contributed by atoms with van der Waals surface area (Å²) in [6, 6.07) is 9.87. The van der Waals surface area contributed by atoms with Gasteiger partial charge in [-0.2, -0.15) is 14.6 Å². The summed E-state index contributed by atoms with van der Waals surface area (Å²) in [6.45, 7) is 2.73. The molecular formula is C21H20N8O3. The minimum Gasteiger partial charge on any atom is -0.461 e. The zero-order valence-corrected chi connectivity index (χ0v) is 17.2. The van der Waals surface area contributed by atoms with Gasteiger partial charge in [0.1, 0.15) is 0 Å². The second-order valence-corrected chi connectivity index (χ2v) is 7.15. The molecular weight excluding hydrogens is 412 g/mol. The molecule has 0 bridgehead atoms. The van der Waals surface area contributed by atoms with Crippen LogP contribution in [0.2, 0.25) is 0 Å². The third kappa shape index (κ3) is 3.65. The van der Waals surface area contributed by atoms with Crippen LogP contribution in [0.5, 0.6) is 0 Å². The lowest BCUT2D eigenvalue weighted by Gasteiger charge is -2.08. The first-order valence-electron chi connectivity index (χ1n) is 10.1. The number of benzene rings is 1. The summed E-state index contributed by atoms with van der Waals surface area (Å²) in [5.74, 6) is 1.04. The van der Waals surface area contributed by atoms with Gasteiger partial charge in [0.25, 0.3) is 0 Å². The number of carbonyl (C=O) groups excluding carboxylic acids is 1. The van der Waals surface area contributed by atoms with Gasteiger partial charge in [0.15, 0.2) is 17.1 Å². The van der Waals surface area contributed by atoms with Gasteiger partial charge in [-0.15, -0.1) is 5.10 Å². The van der Waals surface area contributed by atoms with Crippen molar-refractivity contribution < 1.29 is 14.3 Å². The molecule has 32 heavy (non-hydrogen) atoms. The molecule has 2 amide bonds. The lowest BCUT2D eigenvalue weighted by atomic mass is 10.2. The maximum Gasteiger partial charge on any atom is 0.326 e. The minimum absolute atomic E-state index is 0.0661. The van der Waals surface area contributed by atoms with Gasteiger partial charge in [0, 0.05) is 18.4 Å². The van der Waals surface area contributed by atoms with E-state index in [9.17, 15) is 4.79 Å². The Labute approximate surface area is 181 Å². The Hall–Kier alpha value is -4.25. The molecule has 0 fully saturated rings. The van der Waals surface area contributed by atoms with Crippen LogP contribution in [-0.4, -0.2) is 40.5 Å². The summed E-state index contributed by atoms with van der Waals surface area (Å²) in [5.41, 5.74) is 2.28. The van der Waals surface area contributed by atoms with Gasteiger partial charge >= 0.3 is 6.03 Å². The number of aliphatic hydroxyl groups excluding tert-OH is 1. The Morgan fingerprint density at radius 2 is 1.97 bits per heavy atom. The third-order valence-corrected chi connectivity index (χ3v) is 4.82. The number of nitrogens with zero attached hydrogens (tertiary/aromatic N) is 6. The number of anilines is 2. The molecule has 0 aliphatic rings. The van der Waals surface area contributed by atoms with Crippen LogP contribution in [0.1, 0.15) is 18.9 Å². The van der Waals surface area contributed by atoms with E-state index in [1.54, 1.807) is 47.3 Å². The van der Waals surface area contributed by atoms with Gasteiger partial charge in [-0.3, -0.25) is 10.00 Å². The van der Waals surface area contributed by atoms with Crippen molar-refractivity contribution in [3.8, 4) is 11.6 Å². The van der Waals surface area contributed by atoms with Crippen LogP contribution < -0.4 is 10.6 Å². The van der Waals surface area contributed by atoms with Crippen LogP contribution in [0.25, 0.3) is 28.3 Å². The van der Waals surface area contributed by atoms with Crippen molar-refractivity contribution in [2.75, 3.05) is 10.6 Å². The normalized spacial score (nSPS) is 11.3. The molecule has 0 unspecified atom stereocenters. The number of rotatable bonds is 6. The number of urea groups is 1. The molecule has 5 aromatic rings. The molecule has 0 aliphatic carbocycles. The number of fused-ring (bicyclic) bond motifs is 3. The fourth-order valence-electron chi connectivity index (χ4n) is 3.33. The first-order chi connectivity index (χ1) is 15.6. The average molecular weight is 432 g/mol. The van der Waals surface area contributed by atoms with Crippen LogP contribution in [0.15, 0.2) is 53.3 Å². The summed E-state index contributed by atoms with van der Waals surface area (Å²) in [7, 11) is 0. The fourth-order valence-corrected chi connectivity index (χ4v) is 3.33. The van der Waals surface area contributed by atoms with E-state index in [4.69, 9.17) is 9.52 Å². The zero-order valence-electron chi connectivity index (χ0n) is 17.2. The maximum atomic E-state index is 12.6. The summed E-state index contributed by atoms with van der Waals surface area (Å²) in [4.78, 5) is 21.7. The minimum atomic E-state index is -0.502. The van der Waals surface area contributed by atoms with Crippen molar-refractivity contribution in [3.05, 3.63) is 54.4 Å². The smallest absolute Gasteiger partial charge is 0.326 e. The Morgan fingerprint density at radius 1 is 1.12 bits per heavy atom. The van der Waals surface area contributed by atoms with Crippen molar-refractivity contribution in [1.29, 1.82) is 0 Å². The molecule has 11 heteroatoms. The van der Waals surface area contributed by atoms with E-state index < -0.39 is 6.03 Å². The molecule has 0 atom stereocenters. The van der Waals surface area contributed by atoms with E-state index in [2.05, 4.69) is 37.7 Å². The van der Waals surface area contributed by atoms with Gasteiger partial charge in [0.2, 0.25) is 11.8 Å². The van der Waals surface area contributed by atoms with E-state index in [1.807, 2.05) is 6.20 Å². The van der Waals surface area contributed by atoms with Crippen molar-refractivity contribution in [2.45, 2.75) is 26.5 Å². The van der Waals surface area contributed by atoms with Crippen molar-refractivity contribution in [1.82, 2.24) is 29.4 Å². The number of aryl methyl sites for hydroxylation is 1. The summed E-state index contributed by atoms with van der Waals surface area (Å²) < 4.78 is 8.69. The number of aliphatic hydroxyl groups is 1. The number of furan rings is 1. The maximum absolute atomic E-state index is 12.6. The SMILES string of the molecule is CCCn1cc2c(nc(NC(=O)Nc3ccc(CO)cc3)n3nc(-c4ccco4)nc23)n1. The summed E-state index contributed by atoms with van der Waals surface area (Å²) >= 11 is 0. The molecule has 0 saturated carbocycles. The molecule has 162 valence electrons. The Bertz CT molecular complexity index is 1390. The van der Waals surface area contributed by atoms with Gasteiger partial charge in [-0.25, -0.2) is 9.78 Å². The van der Waals surface area contributed by atoms with Crippen LogP contribution in [0.3, 0.4) is 0 Å². The number of hydrogen-bond acceptors (Lipinski definition) is 7. The van der Waals surface area contributed by atoms with Gasteiger partial charge in [0.05, 0.1) is 18.3 Å². The molecule has 4 aromatic heterocycles. The molecule has 5 rings (SSSR count). The third-order valence-electron chi connectivity index (χ3n) is 4.82. The predicted octanol–water partition coefficient (Wildman–Crippen LogP) is 3.28. The predicted molar refractivity (Wildman–Crippen MR) is 117 cm³/mol. The van der Waals surface area contributed by atoms with Gasteiger partial charge in [-0.1, -0.05) is 19.1 Å². The second kappa shape index (κ2) is 8.12. The lowest BCUT2D eigenvalue weighted by molar-refractivity contribution is 0.262. The molecule has 0 saturated heterocycles. The lowest BCUT2D eigenvalue weighted by Crippen LogP contribution is -2.22. The Morgan fingerprint density at radius 3 is 2.69 bits per heavy atom. The van der Waals surface area contributed by atoms with Crippen LogP contribution in [0.4, 0.5) is 16.4 Å². The first kappa shape index (κ1) is 19.7. The van der Waals surface area contributed by atoms with Crippen molar-refractivity contribution in [2.24, 2.45) is 0 Å². The molecule has 4 heterocycles. The quantitative estimate of drug-likeness (QED) is 0.375. The second-order valence-electron chi connectivity index (χ2n) is 7.15. The highest BCUT2D eigenvalue weighted by molar-refractivity contribution is 6.00. The number of carbonyl (C=O) groups is 1. The number of aromatic nitrogens is 6. The average Bonchev–Trinajstić information content (AvgIpc) is 3.53. The standard InChI is InChI=1S/C21H20N8O3/c1-2-9-28-11-15-17(26-28)24-20(25-21(31)22-14-7-5-13(12-30)6-8-14)29-19(15)23-18(27-29)16-4-3-10-32-16/h3-8,10-11,30H,2,9,12H2,1H3,(H2,22,24,25,26,31). The van der Waals surface area contributed by atoms with Gasteiger partial charge < -0.3 is 14.8 Å². The molecule has 0 spiro atoms. The molecule has 1 aromatic carbocycles. The topological polar surface area (TPSA) is 135 Å². The van der Waals surface area contributed by atoms with Crippen molar-refractivity contribution >= 4 is 34.3 Å². The number of amides is 2. The number of nitrogens with one attached hydrogen (secondary N) is 2. The van der Waals surface area contributed by atoms with E-state index >= 15 is 0 Å². The van der Waals surface area contributed by atoms with E-state index in [-0.39, 0.29) is 12.6 Å². The zero-order chi connectivity index (χ0) is 22.1. The summed E-state index contributed by atoms with van der Waals surface area (Å²) in [5, 5.41) is 24.3. The molecule has 0 radical (unpaired) electrons. The highest BCUT2D eigenvalue weighted by atomic mass is 16.3. The Kier molecular flexibility index (Phi) is 5.00. The molecule has 11 nitrogen and oxygen atoms in total. The van der Waals surface area contributed by atoms with E-state index in [1.165, 1.54) is 4.52 Å². The van der Waals surface area contributed by atoms with Gasteiger partial charge in [-0.05, 0) is 36.2 Å². The first-order valence-corrected chi connectivity index (χ1v) is 10.1. The monoisotopic (exact) mass is 432 g/mol. The summed E-state index contributed by atoms with van der Waals surface area (Å²) in [6.07, 6.45) is 4.33. The Balaban J connectivity index is 1.53. The van der Waals surface area contributed by atoms with E-state index in [0.717, 1.165) is 18.5 Å². The largest absolute Gasteiger partial charge is 0.461 e.